The highest BCUT2D eigenvalue weighted by Crippen LogP contribution is 2.42. The number of thiophene rings is 1. The summed E-state index contributed by atoms with van der Waals surface area (Å²) < 4.78 is 29.1. The SMILES string of the molecule is O=C(O)c1sc(-c2ccccc2)cc1N1C(=O)CN(S(=O)(=O)C2=CCC(N3CCCC3)NC2)CC1C1CCCCC1. The van der Waals surface area contributed by atoms with Crippen LogP contribution < -0.4 is 10.2 Å². The van der Waals surface area contributed by atoms with E-state index in [1.165, 1.54) is 17.1 Å². The van der Waals surface area contributed by atoms with Crippen molar-refractivity contribution in [3.63, 3.8) is 0 Å². The van der Waals surface area contributed by atoms with Gasteiger partial charge >= 0.3 is 5.97 Å². The van der Waals surface area contributed by atoms with Crippen molar-refractivity contribution in [2.45, 2.75) is 63.6 Å². The molecule has 3 fully saturated rings. The number of piperazine rings is 1. The Hall–Kier alpha value is -2.57. The van der Waals surface area contributed by atoms with Crippen LogP contribution in [0.2, 0.25) is 0 Å². The number of carbonyl (C=O) groups excluding carboxylic acids is 1. The number of nitrogens with zero attached hydrogens (tertiary/aromatic N) is 3. The predicted molar refractivity (Wildman–Crippen MR) is 160 cm³/mol. The zero-order valence-electron chi connectivity index (χ0n) is 23.2. The summed E-state index contributed by atoms with van der Waals surface area (Å²) in [4.78, 5) is 31.5. The molecule has 1 amide bonds. The van der Waals surface area contributed by atoms with Crippen LogP contribution in [0.5, 0.6) is 0 Å². The minimum Gasteiger partial charge on any atom is -0.477 e. The second-order valence-corrected chi connectivity index (χ2v) is 14.6. The zero-order valence-corrected chi connectivity index (χ0v) is 24.8. The second kappa shape index (κ2) is 12.0. The van der Waals surface area contributed by atoms with Crippen LogP contribution in [0.25, 0.3) is 10.4 Å². The van der Waals surface area contributed by atoms with Gasteiger partial charge in [-0.3, -0.25) is 15.0 Å². The fourth-order valence-corrected chi connectivity index (χ4v) is 9.44. The monoisotopic (exact) mass is 598 g/mol. The van der Waals surface area contributed by atoms with Crippen LogP contribution in [0.4, 0.5) is 5.69 Å². The standard InChI is InChI=1S/C30H38N4O5S2/c35-28-20-33(41(38,39)23-13-14-27(31-18-23)32-15-7-8-16-32)19-25(21-9-3-1-4-10-21)34(28)24-17-26(40-29(24)30(36)37)22-11-5-2-6-12-22/h2,5-6,11-13,17,21,25,27,31H,1,3-4,7-10,14-16,18-20H2,(H,36,37). The number of rotatable bonds is 7. The van der Waals surface area contributed by atoms with Gasteiger partial charge in [0.05, 0.1) is 29.3 Å². The van der Waals surface area contributed by atoms with Gasteiger partial charge in [0.2, 0.25) is 15.9 Å². The average molecular weight is 599 g/mol. The van der Waals surface area contributed by atoms with E-state index in [0.717, 1.165) is 67.0 Å². The molecular formula is C30H38N4O5S2. The number of amides is 1. The van der Waals surface area contributed by atoms with Crippen molar-refractivity contribution in [2.75, 3.05) is 37.6 Å². The molecule has 1 aromatic carbocycles. The van der Waals surface area contributed by atoms with Crippen molar-refractivity contribution < 1.29 is 23.1 Å². The number of hydrogen-bond acceptors (Lipinski definition) is 7. The van der Waals surface area contributed by atoms with Gasteiger partial charge in [-0.25, -0.2) is 13.2 Å². The quantitative estimate of drug-likeness (QED) is 0.488. The molecule has 4 aliphatic rings. The highest BCUT2D eigenvalue weighted by atomic mass is 32.2. The van der Waals surface area contributed by atoms with Crippen LogP contribution in [-0.4, -0.2) is 79.5 Å². The summed E-state index contributed by atoms with van der Waals surface area (Å²) in [5, 5.41) is 13.5. The smallest absolute Gasteiger partial charge is 0.348 e. The number of carboxylic acid groups (broad SMARTS) is 1. The van der Waals surface area contributed by atoms with Crippen LogP contribution in [0, 0.1) is 5.92 Å². The van der Waals surface area contributed by atoms with Gasteiger partial charge in [0.25, 0.3) is 0 Å². The van der Waals surface area contributed by atoms with E-state index >= 15 is 0 Å². The van der Waals surface area contributed by atoms with E-state index in [1.54, 1.807) is 11.0 Å². The number of benzene rings is 1. The molecule has 6 rings (SSSR count). The van der Waals surface area contributed by atoms with Gasteiger partial charge in [0.15, 0.2) is 0 Å². The number of aromatic carboxylic acids is 1. The summed E-state index contributed by atoms with van der Waals surface area (Å²) in [5.41, 5.74) is 1.27. The molecule has 2 aromatic rings. The van der Waals surface area contributed by atoms with Gasteiger partial charge in [-0.1, -0.05) is 55.7 Å². The topological polar surface area (TPSA) is 110 Å². The Bertz CT molecular complexity index is 1410. The number of hydrogen-bond donors (Lipinski definition) is 2. The molecule has 2 atom stereocenters. The molecular weight excluding hydrogens is 560 g/mol. The summed E-state index contributed by atoms with van der Waals surface area (Å²) >= 11 is 1.16. The maximum Gasteiger partial charge on any atom is 0.348 e. The third-order valence-electron chi connectivity index (χ3n) is 9.05. The number of carboxylic acids is 1. The van der Waals surface area contributed by atoms with Crippen molar-refractivity contribution in [2.24, 2.45) is 5.92 Å². The molecule has 4 heterocycles. The van der Waals surface area contributed by atoms with Crippen molar-refractivity contribution >= 4 is 38.9 Å². The van der Waals surface area contributed by atoms with E-state index in [4.69, 9.17) is 0 Å². The first-order chi connectivity index (χ1) is 19.8. The van der Waals surface area contributed by atoms with Gasteiger partial charge < -0.3 is 10.0 Å². The molecule has 1 aromatic heterocycles. The lowest BCUT2D eigenvalue weighted by molar-refractivity contribution is -0.121. The van der Waals surface area contributed by atoms with E-state index in [9.17, 15) is 23.1 Å². The minimum atomic E-state index is -3.85. The lowest BCUT2D eigenvalue weighted by Crippen LogP contribution is -2.61. The number of likely N-dealkylation sites (tertiary alicyclic amines) is 1. The maximum atomic E-state index is 13.9. The molecule has 1 saturated carbocycles. The second-order valence-electron chi connectivity index (χ2n) is 11.6. The number of nitrogens with one attached hydrogen (secondary N) is 1. The molecule has 11 heteroatoms. The number of sulfonamides is 1. The summed E-state index contributed by atoms with van der Waals surface area (Å²) in [6.45, 7) is 2.18. The Labute approximate surface area is 245 Å². The molecule has 0 spiro atoms. The molecule has 1 aliphatic carbocycles. The lowest BCUT2D eigenvalue weighted by Gasteiger charge is -2.45. The summed E-state index contributed by atoms with van der Waals surface area (Å²) in [7, 11) is -3.85. The van der Waals surface area contributed by atoms with E-state index in [1.807, 2.05) is 36.4 Å². The Balaban J connectivity index is 1.31. The molecule has 220 valence electrons. The molecule has 3 aliphatic heterocycles. The van der Waals surface area contributed by atoms with Crippen LogP contribution >= 0.6 is 11.3 Å². The van der Waals surface area contributed by atoms with Crippen molar-refractivity contribution in [1.29, 1.82) is 0 Å². The highest BCUT2D eigenvalue weighted by molar-refractivity contribution is 7.93. The first-order valence-electron chi connectivity index (χ1n) is 14.7. The Morgan fingerprint density at radius 2 is 1.76 bits per heavy atom. The Morgan fingerprint density at radius 3 is 2.41 bits per heavy atom. The predicted octanol–water partition coefficient (Wildman–Crippen LogP) is 4.34. The number of anilines is 1. The molecule has 2 N–H and O–H groups in total. The first-order valence-corrected chi connectivity index (χ1v) is 17.0. The third kappa shape index (κ3) is 5.75. The highest BCUT2D eigenvalue weighted by Gasteiger charge is 2.45. The van der Waals surface area contributed by atoms with Gasteiger partial charge in [0.1, 0.15) is 4.88 Å². The minimum absolute atomic E-state index is 0.102. The molecule has 2 unspecified atom stereocenters. The zero-order chi connectivity index (χ0) is 28.6. The van der Waals surface area contributed by atoms with Crippen molar-refractivity contribution in [3.8, 4) is 10.4 Å². The van der Waals surface area contributed by atoms with Gasteiger partial charge in [-0.15, -0.1) is 11.3 Å². The van der Waals surface area contributed by atoms with Gasteiger partial charge in [-0.2, -0.15) is 4.31 Å². The fraction of sp³-hybridized carbons (Fsp3) is 0.533. The molecule has 2 saturated heterocycles. The van der Waals surface area contributed by atoms with E-state index < -0.39 is 22.0 Å². The van der Waals surface area contributed by atoms with E-state index in [2.05, 4.69) is 10.2 Å². The summed E-state index contributed by atoms with van der Waals surface area (Å²) in [5.74, 6) is -1.34. The Morgan fingerprint density at radius 1 is 1.02 bits per heavy atom. The summed E-state index contributed by atoms with van der Waals surface area (Å²) in [6.07, 6.45) is 9.88. The number of carbonyl (C=O) groups is 2. The van der Waals surface area contributed by atoms with Crippen LogP contribution in [0.15, 0.2) is 47.4 Å². The largest absolute Gasteiger partial charge is 0.477 e. The first kappa shape index (κ1) is 28.5. The van der Waals surface area contributed by atoms with Gasteiger partial charge in [0, 0.05) is 18.0 Å². The van der Waals surface area contributed by atoms with Crippen LogP contribution in [0.1, 0.15) is 61.0 Å². The molecule has 0 bridgehead atoms. The van der Waals surface area contributed by atoms with Crippen molar-refractivity contribution in [1.82, 2.24) is 14.5 Å². The molecule has 0 radical (unpaired) electrons. The van der Waals surface area contributed by atoms with Gasteiger partial charge in [-0.05, 0) is 62.7 Å². The average Bonchev–Trinajstić information content (AvgIpc) is 3.69. The van der Waals surface area contributed by atoms with Crippen LogP contribution in [0.3, 0.4) is 0 Å². The maximum absolute atomic E-state index is 13.9. The lowest BCUT2D eigenvalue weighted by atomic mass is 9.82. The van der Waals surface area contributed by atoms with Crippen molar-refractivity contribution in [3.05, 3.63) is 52.3 Å². The molecule has 41 heavy (non-hydrogen) atoms. The van der Waals surface area contributed by atoms with E-state index in [0.29, 0.717) is 17.0 Å². The molecule has 9 nitrogen and oxygen atoms in total. The van der Waals surface area contributed by atoms with Crippen LogP contribution in [-0.2, 0) is 14.8 Å². The van der Waals surface area contributed by atoms with E-state index in [-0.39, 0.29) is 42.5 Å². The third-order valence-corrected chi connectivity index (χ3v) is 12.1. The Kier molecular flexibility index (Phi) is 8.33. The fourth-order valence-electron chi connectivity index (χ4n) is 6.91. The summed E-state index contributed by atoms with van der Waals surface area (Å²) in [6, 6.07) is 10.9. The normalized spacial score (nSPS) is 25.4.